The number of hydrogen-bond acceptors (Lipinski definition) is 9. The second-order valence-corrected chi connectivity index (χ2v) is 13.6. The molecular weight excluding hydrogens is 650 g/mol. The maximum Gasteiger partial charge on any atom is 0.324 e. The summed E-state index contributed by atoms with van der Waals surface area (Å²) >= 11 is 11.5. The molecule has 0 heterocycles. The maximum absolute atomic E-state index is 15.1. The van der Waals surface area contributed by atoms with Crippen LogP contribution in [0.1, 0.15) is 37.5 Å². The molecule has 45 heavy (non-hydrogen) atoms. The van der Waals surface area contributed by atoms with Crippen LogP contribution in [0.25, 0.3) is 0 Å². The Hall–Kier alpha value is -3.26. The van der Waals surface area contributed by atoms with Crippen molar-refractivity contribution in [1.29, 1.82) is 0 Å². The Kier molecular flexibility index (Phi) is 15.2. The van der Waals surface area contributed by atoms with Crippen molar-refractivity contribution in [1.82, 2.24) is 20.2 Å². The fraction of sp³-hybridized carbons (Fsp3) is 0.464. The largest absolute Gasteiger partial charge is 0.394 e. The zero-order valence-electron chi connectivity index (χ0n) is 25.4. The number of benzene rings is 2. The molecule has 0 saturated carbocycles. The number of nitrogens with one attached hydrogen (secondary N) is 3. The van der Waals surface area contributed by atoms with Crippen LogP contribution in [0, 0.1) is 10.1 Å². The Bertz CT molecular complexity index is 1350. The van der Waals surface area contributed by atoms with Crippen molar-refractivity contribution in [3.05, 3.63) is 69.8 Å². The molecule has 0 spiro atoms. The van der Waals surface area contributed by atoms with Crippen LogP contribution in [0.5, 0.6) is 0 Å². The number of non-ortho nitro benzene ring substituents is 1. The average Bonchev–Trinajstić information content (AvgIpc) is 2.97. The number of aliphatic hydroxyl groups is 1. The molecule has 2 aromatic carbocycles. The molecule has 0 saturated heterocycles. The van der Waals surface area contributed by atoms with Gasteiger partial charge in [0.1, 0.15) is 6.10 Å². The highest BCUT2D eigenvalue weighted by molar-refractivity contribution is 7.56. The Morgan fingerprint density at radius 1 is 1.07 bits per heavy atom. The van der Waals surface area contributed by atoms with Crippen molar-refractivity contribution in [3.63, 3.8) is 0 Å². The number of nitro groups is 1. The number of carbonyl (C=O) groups excluding carboxylic acids is 3. The summed E-state index contributed by atoms with van der Waals surface area (Å²) in [5.41, 5.74) is 0.963. The first-order chi connectivity index (χ1) is 21.2. The average molecular weight is 690 g/mol. The lowest BCUT2D eigenvalue weighted by molar-refractivity contribution is -0.384. The Labute approximate surface area is 272 Å². The van der Waals surface area contributed by atoms with Gasteiger partial charge in [-0.25, -0.2) is 4.79 Å². The van der Waals surface area contributed by atoms with Gasteiger partial charge in [-0.2, -0.15) is 0 Å². The fourth-order valence-electron chi connectivity index (χ4n) is 4.27. The standard InChI is InChI=1S/C28H39Cl2N6O8P/c1-5-31-28(40)35(16-6-15-34(3)4)45(43,18-20-7-11-22(12-8-20)32-19(2)38)44-25(24(17-37)33-27(39)26(29)30)21-9-13-23(14-10-21)36(41)42/h7-14,24-26,37H,5-6,15-18H2,1-4H3,(H,31,40)(H,32,38)(H,33,39)/t24-,25-,45?/m1/s1. The molecule has 1 unspecified atom stereocenters. The summed E-state index contributed by atoms with van der Waals surface area (Å²) < 4.78 is 22.6. The highest BCUT2D eigenvalue weighted by Gasteiger charge is 2.41. The number of hydrogen-bond donors (Lipinski definition) is 4. The monoisotopic (exact) mass is 688 g/mol. The summed E-state index contributed by atoms with van der Waals surface area (Å²) in [4.78, 5) is 48.5. The number of rotatable bonds is 17. The van der Waals surface area contributed by atoms with E-state index in [0.29, 0.717) is 24.2 Å². The van der Waals surface area contributed by atoms with Gasteiger partial charge < -0.3 is 30.5 Å². The van der Waals surface area contributed by atoms with Crippen LogP contribution in [0.2, 0.25) is 0 Å². The van der Waals surface area contributed by atoms with E-state index in [1.54, 1.807) is 31.2 Å². The fourth-order valence-corrected chi connectivity index (χ4v) is 6.85. The van der Waals surface area contributed by atoms with Crippen molar-refractivity contribution >= 4 is 59.9 Å². The predicted molar refractivity (Wildman–Crippen MR) is 172 cm³/mol. The third-order valence-electron chi connectivity index (χ3n) is 6.36. The van der Waals surface area contributed by atoms with Gasteiger partial charge in [-0.05, 0) is 69.4 Å². The first kappa shape index (κ1) is 37.9. The highest BCUT2D eigenvalue weighted by atomic mass is 35.5. The van der Waals surface area contributed by atoms with Crippen LogP contribution in [-0.4, -0.2) is 88.7 Å². The van der Waals surface area contributed by atoms with E-state index in [9.17, 15) is 29.6 Å². The number of nitrogens with zero attached hydrogens (tertiary/aromatic N) is 3. The van der Waals surface area contributed by atoms with Crippen LogP contribution in [0.4, 0.5) is 16.2 Å². The molecule has 0 bridgehead atoms. The van der Waals surface area contributed by atoms with Gasteiger partial charge in [0.15, 0.2) is 4.84 Å². The molecular formula is C28H39Cl2N6O8P. The van der Waals surface area contributed by atoms with E-state index in [-0.39, 0.29) is 36.4 Å². The SMILES string of the molecule is CCNC(=O)N(CCCN(C)C)P(=O)(Cc1ccc(NC(C)=O)cc1)O[C@H](c1ccc([N+](=O)[O-])cc1)[C@@H](CO)NC(=O)C(Cl)Cl. The molecule has 17 heteroatoms. The van der Waals surface area contributed by atoms with Gasteiger partial charge >= 0.3 is 13.6 Å². The van der Waals surface area contributed by atoms with Gasteiger partial charge in [0.25, 0.3) is 11.6 Å². The molecule has 0 aliphatic carbocycles. The molecule has 0 aliphatic heterocycles. The molecule has 2 rings (SSSR count). The molecule has 2 aromatic rings. The zero-order chi connectivity index (χ0) is 33.7. The first-order valence-electron chi connectivity index (χ1n) is 14.0. The number of nitro benzene ring substituents is 1. The number of anilines is 1. The van der Waals surface area contributed by atoms with Crippen molar-refractivity contribution in [3.8, 4) is 0 Å². The number of urea groups is 1. The number of alkyl halides is 2. The van der Waals surface area contributed by atoms with Crippen LogP contribution in [-0.2, 0) is 24.8 Å². The van der Waals surface area contributed by atoms with E-state index in [4.69, 9.17) is 27.7 Å². The molecule has 248 valence electrons. The van der Waals surface area contributed by atoms with E-state index in [1.807, 2.05) is 19.0 Å². The molecule has 3 atom stereocenters. The normalized spacial score (nSPS) is 13.9. The summed E-state index contributed by atoms with van der Waals surface area (Å²) in [5, 5.41) is 29.4. The zero-order valence-corrected chi connectivity index (χ0v) is 27.8. The molecule has 4 N–H and O–H groups in total. The van der Waals surface area contributed by atoms with Crippen LogP contribution in [0.15, 0.2) is 48.5 Å². The molecule has 0 aromatic heterocycles. The number of amides is 4. The first-order valence-corrected chi connectivity index (χ1v) is 16.6. The third-order valence-corrected chi connectivity index (χ3v) is 9.20. The summed E-state index contributed by atoms with van der Waals surface area (Å²) in [6.45, 7) is 3.12. The van der Waals surface area contributed by atoms with Crippen LogP contribution < -0.4 is 16.0 Å². The number of aliphatic hydroxyl groups excluding tert-OH is 1. The van der Waals surface area contributed by atoms with Gasteiger partial charge in [-0.3, -0.25) is 28.9 Å². The molecule has 0 fully saturated rings. The van der Waals surface area contributed by atoms with Crippen molar-refractivity contribution in [2.24, 2.45) is 0 Å². The van der Waals surface area contributed by atoms with Crippen molar-refractivity contribution in [2.75, 3.05) is 45.7 Å². The molecule has 0 aliphatic rings. The second-order valence-electron chi connectivity index (χ2n) is 10.3. The van der Waals surface area contributed by atoms with Gasteiger partial charge in [0, 0.05) is 37.8 Å². The molecule has 4 amide bonds. The second kappa shape index (κ2) is 18.0. The number of carbonyl (C=O) groups is 3. The lowest BCUT2D eigenvalue weighted by Gasteiger charge is -2.36. The quantitative estimate of drug-likeness (QED) is 0.0816. The summed E-state index contributed by atoms with van der Waals surface area (Å²) in [6, 6.07) is 9.57. The summed E-state index contributed by atoms with van der Waals surface area (Å²) in [6.07, 6.45) is -1.26. The molecule has 14 nitrogen and oxygen atoms in total. The minimum atomic E-state index is -4.27. The maximum atomic E-state index is 15.1. The summed E-state index contributed by atoms with van der Waals surface area (Å²) in [7, 11) is -0.572. The van der Waals surface area contributed by atoms with E-state index in [2.05, 4.69) is 16.0 Å². The van der Waals surface area contributed by atoms with Gasteiger partial charge in [0.05, 0.1) is 23.7 Å². The molecule has 0 radical (unpaired) electrons. The van der Waals surface area contributed by atoms with E-state index in [0.717, 1.165) is 4.67 Å². The van der Waals surface area contributed by atoms with Gasteiger partial charge in [0.2, 0.25) is 5.91 Å². The summed E-state index contributed by atoms with van der Waals surface area (Å²) in [5.74, 6) is -1.15. The van der Waals surface area contributed by atoms with Gasteiger partial charge in [-0.15, -0.1) is 0 Å². The third kappa shape index (κ3) is 11.9. The lowest BCUT2D eigenvalue weighted by Crippen LogP contribution is -2.46. The number of halogens is 2. The van der Waals surface area contributed by atoms with E-state index < -0.39 is 48.0 Å². The van der Waals surface area contributed by atoms with E-state index in [1.165, 1.54) is 31.2 Å². The smallest absolute Gasteiger partial charge is 0.324 e. The van der Waals surface area contributed by atoms with Crippen molar-refractivity contribution < 1.29 is 33.5 Å². The predicted octanol–water partition coefficient (Wildman–Crippen LogP) is 4.27. The highest BCUT2D eigenvalue weighted by Crippen LogP contribution is 2.57. The van der Waals surface area contributed by atoms with Crippen molar-refractivity contribution in [2.45, 2.75) is 43.4 Å². The Balaban J connectivity index is 2.70. The topological polar surface area (TPSA) is 183 Å². The van der Waals surface area contributed by atoms with Gasteiger partial charge in [-0.1, -0.05) is 35.3 Å². The van der Waals surface area contributed by atoms with Crippen LogP contribution in [0.3, 0.4) is 0 Å². The lowest BCUT2D eigenvalue weighted by atomic mass is 10.0. The minimum Gasteiger partial charge on any atom is -0.394 e. The Morgan fingerprint density at radius 3 is 2.18 bits per heavy atom. The van der Waals surface area contributed by atoms with E-state index >= 15 is 4.57 Å². The Morgan fingerprint density at radius 2 is 1.69 bits per heavy atom. The van der Waals surface area contributed by atoms with Crippen LogP contribution >= 0.6 is 30.7 Å². The minimum absolute atomic E-state index is 0.0137.